The van der Waals surface area contributed by atoms with Gasteiger partial charge in [-0.15, -0.1) is 0 Å². The molecule has 2 aromatic rings. The van der Waals surface area contributed by atoms with Gasteiger partial charge in [0.05, 0.1) is 10.5 Å². The first-order valence-electron chi connectivity index (χ1n) is 4.25. The molecule has 1 aliphatic heterocycles. The average molecular weight is 194 g/mol. The van der Waals surface area contributed by atoms with Crippen molar-refractivity contribution in [1.29, 1.82) is 0 Å². The summed E-state index contributed by atoms with van der Waals surface area (Å²) in [5.74, 6) is 0.933. The van der Waals surface area contributed by atoms with Crippen molar-refractivity contribution in [2.24, 2.45) is 0 Å². The highest BCUT2D eigenvalue weighted by Crippen LogP contribution is 2.27. The maximum atomic E-state index is 6.02. The Morgan fingerprint density at radius 1 is 1.46 bits per heavy atom. The highest BCUT2D eigenvalue weighted by molar-refractivity contribution is 6.35. The second-order valence-electron chi connectivity index (χ2n) is 3.12. The summed E-state index contributed by atoms with van der Waals surface area (Å²) >= 11 is 6.02. The number of benzene rings is 1. The van der Waals surface area contributed by atoms with Crippen LogP contribution in [0.25, 0.3) is 11.0 Å². The standard InChI is InChI=1S/C9H8ClN3/c10-6-2-1-3-7-8(6)12-9-11-4-5-13(7)9/h1-3H,4-5H2,(H,11,12). The Morgan fingerprint density at radius 2 is 2.38 bits per heavy atom. The molecule has 3 rings (SSSR count). The summed E-state index contributed by atoms with van der Waals surface area (Å²) in [6.07, 6.45) is 0. The number of para-hydroxylation sites is 1. The number of fused-ring (bicyclic) bond motifs is 3. The van der Waals surface area contributed by atoms with Crippen molar-refractivity contribution in [3.8, 4) is 0 Å². The molecule has 1 aliphatic rings. The van der Waals surface area contributed by atoms with Crippen LogP contribution < -0.4 is 5.32 Å². The number of nitrogens with zero attached hydrogens (tertiary/aromatic N) is 2. The Kier molecular flexibility index (Phi) is 1.32. The summed E-state index contributed by atoms with van der Waals surface area (Å²) < 4.78 is 2.15. The van der Waals surface area contributed by atoms with E-state index >= 15 is 0 Å². The lowest BCUT2D eigenvalue weighted by Crippen LogP contribution is -1.94. The first-order valence-corrected chi connectivity index (χ1v) is 4.63. The number of halogens is 1. The maximum Gasteiger partial charge on any atom is 0.204 e. The molecule has 0 unspecified atom stereocenters. The van der Waals surface area contributed by atoms with E-state index in [4.69, 9.17) is 11.6 Å². The van der Waals surface area contributed by atoms with E-state index < -0.39 is 0 Å². The van der Waals surface area contributed by atoms with Gasteiger partial charge in [0.25, 0.3) is 0 Å². The van der Waals surface area contributed by atoms with Gasteiger partial charge < -0.3 is 9.88 Å². The molecule has 3 nitrogen and oxygen atoms in total. The highest BCUT2D eigenvalue weighted by atomic mass is 35.5. The number of rotatable bonds is 0. The molecule has 0 amide bonds. The van der Waals surface area contributed by atoms with Crippen molar-refractivity contribution in [2.75, 3.05) is 11.9 Å². The average Bonchev–Trinajstić information content (AvgIpc) is 2.65. The quantitative estimate of drug-likeness (QED) is 0.695. The molecular formula is C9H8ClN3. The summed E-state index contributed by atoms with van der Waals surface area (Å²) in [6, 6.07) is 5.87. The Bertz CT molecular complexity index is 475. The molecule has 4 heteroatoms. The Labute approximate surface area is 80.3 Å². The van der Waals surface area contributed by atoms with E-state index in [1.807, 2.05) is 18.2 Å². The molecular weight excluding hydrogens is 186 g/mol. The normalized spacial score (nSPS) is 14.5. The molecule has 1 aromatic heterocycles. The van der Waals surface area contributed by atoms with Gasteiger partial charge in [-0.2, -0.15) is 0 Å². The van der Waals surface area contributed by atoms with E-state index in [2.05, 4.69) is 14.9 Å². The SMILES string of the molecule is Clc1cccc2c1nc1n2CCN1. The smallest absolute Gasteiger partial charge is 0.204 e. The Hall–Kier alpha value is -1.22. The molecule has 0 spiro atoms. The molecule has 0 radical (unpaired) electrons. The van der Waals surface area contributed by atoms with E-state index in [1.54, 1.807) is 0 Å². The topological polar surface area (TPSA) is 29.9 Å². The van der Waals surface area contributed by atoms with Gasteiger partial charge in [0.2, 0.25) is 5.95 Å². The number of hydrogen-bond donors (Lipinski definition) is 1. The van der Waals surface area contributed by atoms with Gasteiger partial charge in [-0.3, -0.25) is 0 Å². The predicted octanol–water partition coefficient (Wildman–Crippen LogP) is 2.12. The lowest BCUT2D eigenvalue weighted by molar-refractivity contribution is 0.837. The van der Waals surface area contributed by atoms with Gasteiger partial charge in [-0.1, -0.05) is 17.7 Å². The third-order valence-electron chi connectivity index (χ3n) is 2.35. The minimum absolute atomic E-state index is 0.723. The first-order chi connectivity index (χ1) is 6.36. The van der Waals surface area contributed by atoms with Gasteiger partial charge in [0.15, 0.2) is 0 Å². The van der Waals surface area contributed by atoms with Gasteiger partial charge in [0.1, 0.15) is 5.52 Å². The van der Waals surface area contributed by atoms with E-state index in [1.165, 1.54) is 0 Å². The molecule has 0 saturated heterocycles. The molecule has 0 saturated carbocycles. The summed E-state index contributed by atoms with van der Waals surface area (Å²) in [4.78, 5) is 4.41. The third-order valence-corrected chi connectivity index (χ3v) is 2.65. The lowest BCUT2D eigenvalue weighted by Gasteiger charge is -1.96. The van der Waals surface area contributed by atoms with Crippen LogP contribution >= 0.6 is 11.6 Å². The van der Waals surface area contributed by atoms with Crippen LogP contribution in [-0.4, -0.2) is 16.1 Å². The monoisotopic (exact) mass is 193 g/mol. The number of hydrogen-bond acceptors (Lipinski definition) is 2. The van der Waals surface area contributed by atoms with Crippen LogP contribution in [0.15, 0.2) is 18.2 Å². The van der Waals surface area contributed by atoms with Crippen molar-refractivity contribution >= 4 is 28.6 Å². The maximum absolute atomic E-state index is 6.02. The molecule has 13 heavy (non-hydrogen) atoms. The van der Waals surface area contributed by atoms with Crippen LogP contribution in [0.3, 0.4) is 0 Å². The van der Waals surface area contributed by atoms with Crippen LogP contribution in [0.1, 0.15) is 0 Å². The van der Waals surface area contributed by atoms with E-state index in [0.717, 1.165) is 35.1 Å². The van der Waals surface area contributed by atoms with Gasteiger partial charge in [-0.05, 0) is 12.1 Å². The highest BCUT2D eigenvalue weighted by Gasteiger charge is 2.16. The summed E-state index contributed by atoms with van der Waals surface area (Å²) in [5, 5.41) is 3.93. The molecule has 1 N–H and O–H groups in total. The van der Waals surface area contributed by atoms with E-state index in [9.17, 15) is 0 Å². The zero-order valence-corrected chi connectivity index (χ0v) is 7.67. The minimum Gasteiger partial charge on any atom is -0.354 e. The molecule has 1 aromatic carbocycles. The second-order valence-corrected chi connectivity index (χ2v) is 3.53. The number of nitrogens with one attached hydrogen (secondary N) is 1. The largest absolute Gasteiger partial charge is 0.354 e. The molecule has 0 bridgehead atoms. The predicted molar refractivity (Wildman–Crippen MR) is 53.2 cm³/mol. The molecule has 66 valence electrons. The summed E-state index contributed by atoms with van der Waals surface area (Å²) in [5.41, 5.74) is 2.01. The van der Waals surface area contributed by atoms with Gasteiger partial charge in [-0.25, -0.2) is 4.98 Å². The molecule has 0 atom stereocenters. The lowest BCUT2D eigenvalue weighted by atomic mass is 10.3. The van der Waals surface area contributed by atoms with Crippen LogP contribution in [0.2, 0.25) is 5.02 Å². The number of aromatic nitrogens is 2. The minimum atomic E-state index is 0.723. The van der Waals surface area contributed by atoms with Crippen LogP contribution in [0.5, 0.6) is 0 Å². The van der Waals surface area contributed by atoms with Crippen LogP contribution in [0, 0.1) is 0 Å². The molecule has 0 aliphatic carbocycles. The number of imidazole rings is 1. The third kappa shape index (κ3) is 0.877. The first kappa shape index (κ1) is 7.21. The van der Waals surface area contributed by atoms with Crippen molar-refractivity contribution in [3.63, 3.8) is 0 Å². The van der Waals surface area contributed by atoms with Crippen molar-refractivity contribution < 1.29 is 0 Å². The fourth-order valence-corrected chi connectivity index (χ4v) is 1.97. The van der Waals surface area contributed by atoms with Gasteiger partial charge in [0, 0.05) is 13.1 Å². The zero-order chi connectivity index (χ0) is 8.84. The fraction of sp³-hybridized carbons (Fsp3) is 0.222. The molecule has 0 fully saturated rings. The van der Waals surface area contributed by atoms with Crippen LogP contribution in [0.4, 0.5) is 5.95 Å². The Balaban J connectivity index is 2.44. The van der Waals surface area contributed by atoms with E-state index in [-0.39, 0.29) is 0 Å². The second kappa shape index (κ2) is 2.39. The summed E-state index contributed by atoms with van der Waals surface area (Å²) in [7, 11) is 0. The van der Waals surface area contributed by atoms with Gasteiger partial charge >= 0.3 is 0 Å². The summed E-state index contributed by atoms with van der Waals surface area (Å²) in [6.45, 7) is 1.94. The van der Waals surface area contributed by atoms with Crippen molar-refractivity contribution in [1.82, 2.24) is 9.55 Å². The van der Waals surface area contributed by atoms with Crippen molar-refractivity contribution in [2.45, 2.75) is 6.54 Å². The molecule has 2 heterocycles. The Morgan fingerprint density at radius 3 is 3.31 bits per heavy atom. The fourth-order valence-electron chi connectivity index (χ4n) is 1.75. The van der Waals surface area contributed by atoms with Crippen LogP contribution in [-0.2, 0) is 6.54 Å². The zero-order valence-electron chi connectivity index (χ0n) is 6.92. The van der Waals surface area contributed by atoms with E-state index in [0.29, 0.717) is 0 Å². The van der Waals surface area contributed by atoms with Crippen molar-refractivity contribution in [3.05, 3.63) is 23.2 Å². The number of anilines is 1.